The van der Waals surface area contributed by atoms with Crippen LogP contribution in [-0.2, 0) is 37.5 Å². The quantitative estimate of drug-likeness (QED) is 0.311. The molecule has 0 atom stereocenters. The topological polar surface area (TPSA) is 17.1 Å². The Balaban J connectivity index is 0. The van der Waals surface area contributed by atoms with Crippen molar-refractivity contribution in [2.45, 2.75) is 0 Å². The molecule has 0 aliphatic rings. The Labute approximate surface area is 90.7 Å². The molecule has 0 heterocycles. The van der Waals surface area contributed by atoms with E-state index < -0.39 is 5.24 Å². The normalized spacial score (nSPS) is 8.50. The van der Waals surface area contributed by atoms with E-state index in [-0.39, 0.29) is 32.7 Å². The molecule has 0 aromatic rings. The standard InChI is InChI=1S/C7H5ClO.Y/c1-3-6(2)4-5-7(8)9;/h1-5H;/q-2;/b5-4+;. The molecule has 0 spiro atoms. The maximum absolute atomic E-state index is 10.0. The second-order valence-corrected chi connectivity index (χ2v) is 1.68. The fraction of sp³-hybridized carbons (Fsp3) is 0. The largest absolute Gasteiger partial charge is 0.361 e. The summed E-state index contributed by atoms with van der Waals surface area (Å²) in [7, 11) is 0. The zero-order chi connectivity index (χ0) is 7.28. The van der Waals surface area contributed by atoms with Gasteiger partial charge in [-0.25, -0.2) is 6.08 Å². The number of hydrogen-bond donors (Lipinski definition) is 0. The average molecular weight is 229 g/mol. The van der Waals surface area contributed by atoms with Gasteiger partial charge in [-0.05, 0) is 11.6 Å². The van der Waals surface area contributed by atoms with Crippen molar-refractivity contribution in [2.24, 2.45) is 0 Å². The van der Waals surface area contributed by atoms with Crippen molar-refractivity contribution in [1.29, 1.82) is 0 Å². The molecular weight excluding hydrogens is 224 g/mol. The predicted octanol–water partition coefficient (Wildman–Crippen LogP) is 1.65. The molecule has 0 saturated carbocycles. The average Bonchev–Trinajstić information content (AvgIpc) is 1.83. The van der Waals surface area contributed by atoms with Crippen LogP contribution in [0.25, 0.3) is 0 Å². The van der Waals surface area contributed by atoms with Gasteiger partial charge in [0, 0.05) is 32.7 Å². The first-order valence-corrected chi connectivity index (χ1v) is 2.59. The van der Waals surface area contributed by atoms with Crippen molar-refractivity contribution >= 4 is 16.8 Å². The van der Waals surface area contributed by atoms with Crippen LogP contribution in [0.2, 0.25) is 0 Å². The van der Waals surface area contributed by atoms with Gasteiger partial charge in [-0.1, -0.05) is 6.08 Å². The van der Waals surface area contributed by atoms with E-state index in [0.717, 1.165) is 6.08 Å². The summed E-state index contributed by atoms with van der Waals surface area (Å²) in [5.74, 6) is 0. The van der Waals surface area contributed by atoms with Crippen LogP contribution in [0.1, 0.15) is 0 Å². The third-order valence-electron chi connectivity index (χ3n) is 0.599. The van der Waals surface area contributed by atoms with Gasteiger partial charge in [-0.3, -0.25) is 4.79 Å². The van der Waals surface area contributed by atoms with Crippen LogP contribution in [0.4, 0.5) is 0 Å². The van der Waals surface area contributed by atoms with Gasteiger partial charge in [-0.15, -0.1) is 0 Å². The Morgan fingerprint density at radius 1 is 1.40 bits per heavy atom. The maximum Gasteiger partial charge on any atom is 0.231 e. The Kier molecular flexibility index (Phi) is 9.55. The van der Waals surface area contributed by atoms with Gasteiger partial charge in [0.15, 0.2) is 0 Å². The summed E-state index contributed by atoms with van der Waals surface area (Å²) in [6.45, 7) is 10.1. The summed E-state index contributed by atoms with van der Waals surface area (Å²) in [6, 6.07) is 0. The van der Waals surface area contributed by atoms with Crippen LogP contribution in [0.15, 0.2) is 23.8 Å². The molecular formula is C7H5ClOY-2. The zero-order valence-electron chi connectivity index (χ0n) is 5.25. The Bertz CT molecular complexity index is 172. The van der Waals surface area contributed by atoms with Crippen molar-refractivity contribution in [3.05, 3.63) is 37.0 Å². The molecule has 0 amide bonds. The fourth-order valence-corrected chi connectivity index (χ4v) is 0.280. The molecule has 0 aromatic carbocycles. The second kappa shape index (κ2) is 7.39. The molecule has 0 aliphatic carbocycles. The molecule has 0 aliphatic heterocycles. The summed E-state index contributed by atoms with van der Waals surface area (Å²) in [5, 5.41) is -0.570. The zero-order valence-corrected chi connectivity index (χ0v) is 8.84. The van der Waals surface area contributed by atoms with E-state index in [1.807, 2.05) is 0 Å². The molecule has 1 nitrogen and oxygen atoms in total. The van der Waals surface area contributed by atoms with Gasteiger partial charge < -0.3 is 24.8 Å². The molecule has 3 heteroatoms. The molecule has 0 fully saturated rings. The predicted molar refractivity (Wildman–Crippen MR) is 36.7 cm³/mol. The van der Waals surface area contributed by atoms with Gasteiger partial charge in [0.05, 0.1) is 0 Å². The summed E-state index contributed by atoms with van der Waals surface area (Å²) in [4.78, 5) is 10.0. The molecule has 0 aromatic heterocycles. The molecule has 0 rings (SSSR count). The van der Waals surface area contributed by atoms with Crippen LogP contribution in [-0.4, -0.2) is 5.24 Å². The van der Waals surface area contributed by atoms with Crippen molar-refractivity contribution in [2.75, 3.05) is 0 Å². The fourth-order valence-electron chi connectivity index (χ4n) is 0.217. The molecule has 51 valence electrons. The summed E-state index contributed by atoms with van der Waals surface area (Å²) in [6.07, 6.45) is 3.63. The van der Waals surface area contributed by atoms with E-state index in [1.54, 1.807) is 0 Å². The van der Waals surface area contributed by atoms with Gasteiger partial charge >= 0.3 is 0 Å². The van der Waals surface area contributed by atoms with Crippen LogP contribution in [0.3, 0.4) is 0 Å². The minimum absolute atomic E-state index is 0. The number of rotatable bonds is 3. The third-order valence-corrected chi connectivity index (χ3v) is 0.725. The molecule has 0 bridgehead atoms. The third kappa shape index (κ3) is 8.28. The van der Waals surface area contributed by atoms with Crippen molar-refractivity contribution in [3.8, 4) is 0 Å². The van der Waals surface area contributed by atoms with Crippen molar-refractivity contribution in [3.63, 3.8) is 0 Å². The molecule has 1 radical (unpaired) electrons. The molecule has 0 saturated heterocycles. The summed E-state index contributed by atoms with van der Waals surface area (Å²) >= 11 is 4.93. The van der Waals surface area contributed by atoms with Crippen LogP contribution < -0.4 is 0 Å². The first kappa shape index (κ1) is 12.9. The Hall–Kier alpha value is 0.284. The smallest absolute Gasteiger partial charge is 0.231 e. The van der Waals surface area contributed by atoms with Crippen molar-refractivity contribution in [1.82, 2.24) is 0 Å². The molecule has 10 heavy (non-hydrogen) atoms. The van der Waals surface area contributed by atoms with Gasteiger partial charge in [0.25, 0.3) is 0 Å². The number of hydrogen-bond acceptors (Lipinski definition) is 1. The van der Waals surface area contributed by atoms with E-state index in [9.17, 15) is 4.79 Å². The SMILES string of the molecule is [CH-]=CC(=[CH-])/C=C/C(=O)Cl.[Y]. The Morgan fingerprint density at radius 2 is 1.90 bits per heavy atom. The number of allylic oxidation sites excluding steroid dienone is 4. The monoisotopic (exact) mass is 229 g/mol. The molecule has 0 N–H and O–H groups in total. The van der Waals surface area contributed by atoms with Crippen molar-refractivity contribution < 1.29 is 37.5 Å². The number of carbonyl (C=O) groups excluding carboxylic acids is 1. The van der Waals surface area contributed by atoms with Gasteiger partial charge in [0.1, 0.15) is 0 Å². The van der Waals surface area contributed by atoms with Crippen LogP contribution in [0, 0.1) is 13.2 Å². The van der Waals surface area contributed by atoms with Gasteiger partial charge in [-0.2, -0.15) is 0 Å². The Morgan fingerprint density at radius 3 is 2.20 bits per heavy atom. The molecule has 0 unspecified atom stereocenters. The van der Waals surface area contributed by atoms with Crippen LogP contribution >= 0.6 is 11.6 Å². The van der Waals surface area contributed by atoms with Gasteiger partial charge in [0.2, 0.25) is 5.24 Å². The minimum Gasteiger partial charge on any atom is -0.361 e. The minimum atomic E-state index is -0.570. The first-order valence-electron chi connectivity index (χ1n) is 2.21. The maximum atomic E-state index is 10.0. The summed E-state index contributed by atoms with van der Waals surface area (Å²) in [5.41, 5.74) is 0.309. The first-order chi connectivity index (χ1) is 4.16. The van der Waals surface area contributed by atoms with E-state index in [0.29, 0.717) is 5.57 Å². The van der Waals surface area contributed by atoms with E-state index in [1.165, 1.54) is 12.2 Å². The van der Waals surface area contributed by atoms with E-state index in [4.69, 9.17) is 24.8 Å². The van der Waals surface area contributed by atoms with E-state index in [2.05, 4.69) is 0 Å². The van der Waals surface area contributed by atoms with Crippen LogP contribution in [0.5, 0.6) is 0 Å². The number of halogens is 1. The summed E-state index contributed by atoms with van der Waals surface area (Å²) < 4.78 is 0. The number of carbonyl (C=O) groups is 1. The second-order valence-electron chi connectivity index (χ2n) is 1.30. The van der Waals surface area contributed by atoms with E-state index >= 15 is 0 Å².